The van der Waals surface area contributed by atoms with Crippen molar-refractivity contribution in [3.8, 4) is 11.4 Å². The number of carbonyl (C=O) groups excluding carboxylic acids is 1. The third-order valence-electron chi connectivity index (χ3n) is 3.89. The fourth-order valence-electron chi connectivity index (χ4n) is 2.58. The largest absolute Gasteiger partial charge is 0.465 e. The van der Waals surface area contributed by atoms with Crippen molar-refractivity contribution in [3.63, 3.8) is 0 Å². The maximum Gasteiger partial charge on any atom is 0.274 e. The third-order valence-corrected chi connectivity index (χ3v) is 4.42. The normalized spacial score (nSPS) is 11.4. The van der Waals surface area contributed by atoms with E-state index < -0.39 is 0 Å². The van der Waals surface area contributed by atoms with E-state index in [1.54, 1.807) is 30.3 Å². The van der Waals surface area contributed by atoms with Crippen LogP contribution in [-0.2, 0) is 4.79 Å². The van der Waals surface area contributed by atoms with E-state index >= 15 is 0 Å². The summed E-state index contributed by atoms with van der Waals surface area (Å²) in [6.45, 7) is 0. The smallest absolute Gasteiger partial charge is 0.274 e. The second kappa shape index (κ2) is 8.01. The number of hydrogen-bond donors (Lipinski definition) is 1. The molecule has 138 valence electrons. The number of hydrogen-bond acceptors (Lipinski definition) is 5. The quantitative estimate of drug-likeness (QED) is 0.471. The van der Waals surface area contributed by atoms with Gasteiger partial charge in [0.25, 0.3) is 5.91 Å². The molecule has 7 nitrogen and oxygen atoms in total. The molecule has 28 heavy (non-hydrogen) atoms. The molecule has 1 N–H and O–H groups in total. The van der Waals surface area contributed by atoms with Crippen LogP contribution in [0.2, 0.25) is 0 Å². The number of nitrogens with zero attached hydrogens (tertiary/aromatic N) is 4. The van der Waals surface area contributed by atoms with E-state index in [4.69, 9.17) is 4.42 Å². The topological polar surface area (TPSA) is 85.8 Å². The summed E-state index contributed by atoms with van der Waals surface area (Å²) in [5.41, 5.74) is 1.66. The molecule has 1 amide bonds. The van der Waals surface area contributed by atoms with Crippen LogP contribution in [-0.4, -0.2) is 26.1 Å². The highest BCUT2D eigenvalue weighted by molar-refractivity contribution is 9.10. The number of anilines is 1. The fourth-order valence-corrected chi connectivity index (χ4v) is 2.84. The second-order valence-corrected chi connectivity index (χ2v) is 6.70. The first-order valence-electron chi connectivity index (χ1n) is 8.37. The summed E-state index contributed by atoms with van der Waals surface area (Å²) >= 11 is 3.38. The predicted molar refractivity (Wildman–Crippen MR) is 109 cm³/mol. The number of furan rings is 1. The van der Waals surface area contributed by atoms with Gasteiger partial charge in [-0.3, -0.25) is 4.79 Å². The summed E-state index contributed by atoms with van der Waals surface area (Å²) in [6.07, 6.45) is 3.13. The number of nitrogens with one attached hydrogen (secondary N) is 1. The van der Waals surface area contributed by atoms with Gasteiger partial charge in [0.1, 0.15) is 11.5 Å². The molecule has 2 heterocycles. The van der Waals surface area contributed by atoms with Gasteiger partial charge in [-0.1, -0.05) is 46.3 Å². The standard InChI is InChI=1S/C20H14BrN5O2/c21-15-8-10-16(11-9-15)22-20(27)18(13-17-7-4-12-28-17)26-19(23-24-25-26)14-5-2-1-3-6-14/h1-13H,(H,22,27). The van der Waals surface area contributed by atoms with Crippen LogP contribution < -0.4 is 5.32 Å². The number of amides is 1. The molecule has 8 heteroatoms. The SMILES string of the molecule is O=C(Nc1ccc(Br)cc1)C(=Cc1ccco1)n1nnnc1-c1ccccc1. The van der Waals surface area contributed by atoms with Gasteiger partial charge in [-0.2, -0.15) is 4.68 Å². The molecule has 0 aliphatic heterocycles. The first kappa shape index (κ1) is 17.9. The Morgan fingerprint density at radius 3 is 2.54 bits per heavy atom. The lowest BCUT2D eigenvalue weighted by Gasteiger charge is -2.10. The minimum absolute atomic E-state index is 0.224. The van der Waals surface area contributed by atoms with Gasteiger partial charge in [0.2, 0.25) is 0 Å². The number of rotatable bonds is 5. The molecule has 0 fully saturated rings. The Labute approximate surface area is 168 Å². The summed E-state index contributed by atoms with van der Waals surface area (Å²) in [7, 11) is 0. The van der Waals surface area contributed by atoms with Crippen LogP contribution in [0.1, 0.15) is 5.76 Å². The average molecular weight is 436 g/mol. The van der Waals surface area contributed by atoms with E-state index in [-0.39, 0.29) is 11.6 Å². The maximum absolute atomic E-state index is 13.1. The molecule has 2 aromatic carbocycles. The van der Waals surface area contributed by atoms with E-state index in [1.165, 1.54) is 10.9 Å². The van der Waals surface area contributed by atoms with Crippen LogP contribution >= 0.6 is 15.9 Å². The Kier molecular flexibility index (Phi) is 5.11. The Hall–Kier alpha value is -3.52. The van der Waals surface area contributed by atoms with Gasteiger partial charge in [0, 0.05) is 21.8 Å². The molecule has 0 radical (unpaired) electrons. The Bertz CT molecular complexity index is 1100. The summed E-state index contributed by atoms with van der Waals surface area (Å²) < 4.78 is 7.69. The van der Waals surface area contributed by atoms with Crippen molar-refractivity contribution in [2.24, 2.45) is 0 Å². The number of carbonyl (C=O) groups is 1. The van der Waals surface area contributed by atoms with E-state index in [9.17, 15) is 4.79 Å². The van der Waals surface area contributed by atoms with Gasteiger partial charge in [-0.15, -0.1) is 5.10 Å². The van der Waals surface area contributed by atoms with Gasteiger partial charge >= 0.3 is 0 Å². The van der Waals surface area contributed by atoms with Crippen molar-refractivity contribution >= 4 is 39.3 Å². The van der Waals surface area contributed by atoms with E-state index in [1.807, 2.05) is 42.5 Å². The highest BCUT2D eigenvalue weighted by atomic mass is 79.9. The second-order valence-electron chi connectivity index (χ2n) is 5.79. The van der Waals surface area contributed by atoms with Gasteiger partial charge < -0.3 is 9.73 Å². The zero-order chi connectivity index (χ0) is 19.3. The lowest BCUT2D eigenvalue weighted by Crippen LogP contribution is -2.19. The molecule has 0 aliphatic rings. The van der Waals surface area contributed by atoms with Crippen LogP contribution in [0.5, 0.6) is 0 Å². The Morgan fingerprint density at radius 1 is 1.04 bits per heavy atom. The van der Waals surface area contributed by atoms with Crippen molar-refractivity contribution in [2.75, 3.05) is 5.32 Å². The summed E-state index contributed by atoms with van der Waals surface area (Å²) in [5, 5.41) is 14.7. The molecule has 2 aromatic heterocycles. The third kappa shape index (κ3) is 3.91. The molecule has 4 aromatic rings. The van der Waals surface area contributed by atoms with Crippen molar-refractivity contribution in [3.05, 3.63) is 83.2 Å². The van der Waals surface area contributed by atoms with Crippen LogP contribution in [0.15, 0.2) is 81.9 Å². The molecule has 0 saturated heterocycles. The predicted octanol–water partition coefficient (Wildman–Crippen LogP) is 4.33. The molecular formula is C20H14BrN5O2. The van der Waals surface area contributed by atoms with Crippen molar-refractivity contribution in [1.82, 2.24) is 20.2 Å². The van der Waals surface area contributed by atoms with E-state index in [2.05, 4.69) is 36.8 Å². The lowest BCUT2D eigenvalue weighted by molar-refractivity contribution is -0.111. The monoisotopic (exact) mass is 435 g/mol. The van der Waals surface area contributed by atoms with Crippen molar-refractivity contribution in [1.29, 1.82) is 0 Å². The summed E-state index contributed by atoms with van der Waals surface area (Å²) in [5.74, 6) is 0.586. The highest BCUT2D eigenvalue weighted by Crippen LogP contribution is 2.22. The lowest BCUT2D eigenvalue weighted by atomic mass is 10.2. The fraction of sp³-hybridized carbons (Fsp3) is 0. The van der Waals surface area contributed by atoms with Gasteiger partial charge in [0.15, 0.2) is 5.82 Å². The Morgan fingerprint density at radius 2 is 1.82 bits per heavy atom. The Balaban J connectivity index is 1.74. The van der Waals surface area contributed by atoms with Gasteiger partial charge in [0.05, 0.1) is 6.26 Å². The zero-order valence-electron chi connectivity index (χ0n) is 14.5. The van der Waals surface area contributed by atoms with Crippen LogP contribution in [0.25, 0.3) is 23.2 Å². The van der Waals surface area contributed by atoms with E-state index in [0.717, 1.165) is 10.0 Å². The minimum atomic E-state index is -0.372. The molecule has 0 saturated carbocycles. The molecule has 0 spiro atoms. The first-order valence-corrected chi connectivity index (χ1v) is 9.16. The number of halogens is 1. The minimum Gasteiger partial charge on any atom is -0.465 e. The number of aromatic nitrogens is 4. The maximum atomic E-state index is 13.1. The number of benzene rings is 2. The van der Waals surface area contributed by atoms with Crippen LogP contribution in [0, 0.1) is 0 Å². The van der Waals surface area contributed by atoms with Crippen molar-refractivity contribution < 1.29 is 9.21 Å². The molecule has 4 rings (SSSR count). The average Bonchev–Trinajstić information content (AvgIpc) is 3.40. The molecule has 0 aliphatic carbocycles. The van der Waals surface area contributed by atoms with Crippen LogP contribution in [0.4, 0.5) is 5.69 Å². The van der Waals surface area contributed by atoms with Gasteiger partial charge in [-0.05, 0) is 46.8 Å². The highest BCUT2D eigenvalue weighted by Gasteiger charge is 2.20. The summed E-state index contributed by atoms with van der Waals surface area (Å²) in [6, 6.07) is 20.2. The molecule has 0 unspecified atom stereocenters. The van der Waals surface area contributed by atoms with Gasteiger partial charge in [-0.25, -0.2) is 0 Å². The molecule has 0 atom stereocenters. The molecular weight excluding hydrogens is 422 g/mol. The molecule has 0 bridgehead atoms. The number of tetrazole rings is 1. The zero-order valence-corrected chi connectivity index (χ0v) is 16.1. The van der Waals surface area contributed by atoms with Crippen LogP contribution in [0.3, 0.4) is 0 Å². The van der Waals surface area contributed by atoms with E-state index in [0.29, 0.717) is 17.3 Å². The van der Waals surface area contributed by atoms with Crippen molar-refractivity contribution in [2.45, 2.75) is 0 Å². The summed E-state index contributed by atoms with van der Waals surface area (Å²) in [4.78, 5) is 13.1. The first-order chi connectivity index (χ1) is 13.7.